The lowest BCUT2D eigenvalue weighted by atomic mass is 9.99. The van der Waals surface area contributed by atoms with Crippen molar-refractivity contribution < 1.29 is 13.2 Å². The van der Waals surface area contributed by atoms with E-state index in [1.165, 1.54) is 0 Å². The van der Waals surface area contributed by atoms with E-state index in [1.807, 2.05) is 29.8 Å². The molecule has 0 saturated carbocycles. The van der Waals surface area contributed by atoms with Crippen LogP contribution in [0.3, 0.4) is 0 Å². The average Bonchev–Trinajstić information content (AvgIpc) is 3.54. The summed E-state index contributed by atoms with van der Waals surface area (Å²) >= 11 is 0. The molecule has 1 fully saturated rings. The molecule has 0 spiro atoms. The van der Waals surface area contributed by atoms with Crippen molar-refractivity contribution >= 4 is 21.6 Å². The van der Waals surface area contributed by atoms with Gasteiger partial charge in [-0.2, -0.15) is 9.40 Å². The number of ketones is 1. The number of benzene rings is 1. The molecule has 9 heteroatoms. The quantitative estimate of drug-likeness (QED) is 0.561. The van der Waals surface area contributed by atoms with Crippen molar-refractivity contribution in [3.8, 4) is 11.1 Å². The van der Waals surface area contributed by atoms with Gasteiger partial charge in [0.05, 0.1) is 29.2 Å². The van der Waals surface area contributed by atoms with Crippen molar-refractivity contribution in [3.63, 3.8) is 0 Å². The van der Waals surface area contributed by atoms with E-state index in [-0.39, 0.29) is 11.8 Å². The van der Waals surface area contributed by atoms with Crippen LogP contribution in [0.5, 0.6) is 0 Å². The summed E-state index contributed by atoms with van der Waals surface area (Å²) in [6.07, 6.45) is 6.00. The largest absolute Gasteiger partial charge is 0.365 e. The minimum Gasteiger partial charge on any atom is -0.365 e. The lowest BCUT2D eigenvalue weighted by molar-refractivity contribution is 0.101. The van der Waals surface area contributed by atoms with Crippen LogP contribution in [0.2, 0.25) is 0 Å². The van der Waals surface area contributed by atoms with Crippen molar-refractivity contribution in [1.82, 2.24) is 19.1 Å². The average molecular weight is 466 g/mol. The summed E-state index contributed by atoms with van der Waals surface area (Å²) in [5, 5.41) is 7.86. The number of pyridine rings is 1. The van der Waals surface area contributed by atoms with E-state index in [2.05, 4.69) is 15.4 Å². The first-order valence-electron chi connectivity index (χ1n) is 11.2. The number of anilines is 1. The predicted octanol–water partition coefficient (Wildman–Crippen LogP) is 3.28. The molecular formula is C24H27N5O3S. The Hall–Kier alpha value is -3.04. The summed E-state index contributed by atoms with van der Waals surface area (Å²) < 4.78 is 29.1. The van der Waals surface area contributed by atoms with Gasteiger partial charge in [0.15, 0.2) is 5.78 Å². The van der Waals surface area contributed by atoms with Gasteiger partial charge in [0.2, 0.25) is 10.0 Å². The van der Waals surface area contributed by atoms with E-state index < -0.39 is 10.0 Å². The Labute approximate surface area is 193 Å². The number of nitrogens with one attached hydrogen (secondary N) is 1. The highest BCUT2D eigenvalue weighted by atomic mass is 32.2. The molecule has 33 heavy (non-hydrogen) atoms. The fourth-order valence-corrected chi connectivity index (χ4v) is 6.28. The van der Waals surface area contributed by atoms with Crippen molar-refractivity contribution in [2.24, 2.45) is 0 Å². The molecule has 8 nitrogen and oxygen atoms in total. The standard InChI is InChI=1S/C24H27N5O3S/c1-16-23(17(2)30)14-26-29(16)15-19-13-22-21(9-10-25-24(22)27-19)18-5-7-20(8-6-18)33(31,32)28-11-3-4-12-28/h5-10,14,19H,3-4,11-13,15H2,1-2H3,(H,25,27). The van der Waals surface area contributed by atoms with Crippen LogP contribution < -0.4 is 5.32 Å². The molecule has 172 valence electrons. The summed E-state index contributed by atoms with van der Waals surface area (Å²) in [4.78, 5) is 16.6. The number of nitrogens with zero attached hydrogens (tertiary/aromatic N) is 4. The van der Waals surface area contributed by atoms with Gasteiger partial charge in [0, 0.05) is 30.5 Å². The van der Waals surface area contributed by atoms with Gasteiger partial charge >= 0.3 is 0 Å². The number of hydrogen-bond acceptors (Lipinski definition) is 6. The maximum absolute atomic E-state index is 12.8. The summed E-state index contributed by atoms with van der Waals surface area (Å²) in [7, 11) is -3.43. The Morgan fingerprint density at radius 1 is 1.15 bits per heavy atom. The number of carbonyl (C=O) groups excluding carboxylic acids is 1. The maximum Gasteiger partial charge on any atom is 0.243 e. The number of aromatic nitrogens is 3. The molecule has 1 atom stereocenters. The zero-order valence-electron chi connectivity index (χ0n) is 18.8. The van der Waals surface area contributed by atoms with E-state index in [0.717, 1.165) is 47.5 Å². The topological polar surface area (TPSA) is 97.2 Å². The van der Waals surface area contributed by atoms with Gasteiger partial charge in [-0.25, -0.2) is 13.4 Å². The highest BCUT2D eigenvalue weighted by Crippen LogP contribution is 2.34. The van der Waals surface area contributed by atoms with Crippen molar-refractivity contribution in [1.29, 1.82) is 0 Å². The van der Waals surface area contributed by atoms with E-state index in [9.17, 15) is 13.2 Å². The van der Waals surface area contributed by atoms with Crippen LogP contribution in [0.15, 0.2) is 47.6 Å². The summed E-state index contributed by atoms with van der Waals surface area (Å²) in [6.45, 7) is 5.28. The SMILES string of the molecule is CC(=O)c1cnn(CC2Cc3c(-c4ccc(S(=O)(=O)N5CCCC5)cc4)ccnc3N2)c1C. The minimum atomic E-state index is -3.43. The smallest absolute Gasteiger partial charge is 0.243 e. The number of sulfonamides is 1. The second-order valence-corrected chi connectivity index (χ2v) is 10.7. The molecule has 0 amide bonds. The molecule has 0 aliphatic carbocycles. The van der Waals surface area contributed by atoms with Gasteiger partial charge in [-0.15, -0.1) is 0 Å². The zero-order valence-corrected chi connectivity index (χ0v) is 19.6. The van der Waals surface area contributed by atoms with Crippen LogP contribution in [0.1, 0.15) is 41.4 Å². The van der Waals surface area contributed by atoms with Crippen LogP contribution in [0, 0.1) is 6.92 Å². The van der Waals surface area contributed by atoms with Crippen LogP contribution >= 0.6 is 0 Å². The normalized spacial score (nSPS) is 18.3. The fourth-order valence-electron chi connectivity index (χ4n) is 4.76. The van der Waals surface area contributed by atoms with Crippen molar-refractivity contribution in [2.45, 2.75) is 50.6 Å². The number of Topliss-reactive ketones (excluding diaryl/α,β-unsaturated/α-hetero) is 1. The molecule has 1 N–H and O–H groups in total. The third-order valence-electron chi connectivity index (χ3n) is 6.59. The first-order valence-corrected chi connectivity index (χ1v) is 12.7. The van der Waals surface area contributed by atoms with Gasteiger partial charge in [-0.1, -0.05) is 12.1 Å². The lowest BCUT2D eigenvalue weighted by Crippen LogP contribution is -2.27. The highest BCUT2D eigenvalue weighted by molar-refractivity contribution is 7.89. The van der Waals surface area contributed by atoms with E-state index in [0.29, 0.717) is 30.1 Å². The first-order chi connectivity index (χ1) is 15.8. The highest BCUT2D eigenvalue weighted by Gasteiger charge is 2.28. The van der Waals surface area contributed by atoms with E-state index >= 15 is 0 Å². The first kappa shape index (κ1) is 21.8. The Bertz CT molecular complexity index is 1310. The molecule has 1 aromatic carbocycles. The van der Waals surface area contributed by atoms with Crippen LogP contribution in [0.4, 0.5) is 5.82 Å². The predicted molar refractivity (Wildman–Crippen MR) is 126 cm³/mol. The van der Waals surface area contributed by atoms with E-state index in [1.54, 1.807) is 35.8 Å². The molecule has 0 radical (unpaired) electrons. The molecule has 1 unspecified atom stereocenters. The Morgan fingerprint density at radius 2 is 1.88 bits per heavy atom. The zero-order chi connectivity index (χ0) is 23.2. The third kappa shape index (κ3) is 3.95. The monoisotopic (exact) mass is 465 g/mol. The molecule has 2 aliphatic rings. The van der Waals surface area contributed by atoms with E-state index in [4.69, 9.17) is 0 Å². The maximum atomic E-state index is 12.8. The summed E-state index contributed by atoms with van der Waals surface area (Å²) in [6, 6.07) is 9.23. The second kappa shape index (κ2) is 8.39. The van der Waals surface area contributed by atoms with Crippen LogP contribution in [-0.4, -0.2) is 52.4 Å². The van der Waals surface area contributed by atoms with Gasteiger partial charge in [0.25, 0.3) is 0 Å². The summed E-state index contributed by atoms with van der Waals surface area (Å²) in [5.74, 6) is 0.850. The molecule has 2 aliphatic heterocycles. The molecule has 2 aromatic heterocycles. The Balaban J connectivity index is 1.37. The molecule has 1 saturated heterocycles. The van der Waals surface area contributed by atoms with Gasteiger partial charge in [-0.05, 0) is 62.4 Å². The number of hydrogen-bond donors (Lipinski definition) is 1. The Kier molecular flexibility index (Phi) is 5.54. The molecule has 3 aromatic rings. The second-order valence-electron chi connectivity index (χ2n) is 8.75. The van der Waals surface area contributed by atoms with Crippen molar-refractivity contribution in [3.05, 3.63) is 59.5 Å². The molecular weight excluding hydrogens is 438 g/mol. The van der Waals surface area contributed by atoms with Gasteiger partial charge in [0.1, 0.15) is 5.82 Å². The van der Waals surface area contributed by atoms with Crippen LogP contribution in [0.25, 0.3) is 11.1 Å². The van der Waals surface area contributed by atoms with Gasteiger partial charge < -0.3 is 5.32 Å². The molecule has 0 bridgehead atoms. The van der Waals surface area contributed by atoms with Crippen LogP contribution in [-0.2, 0) is 23.0 Å². The van der Waals surface area contributed by atoms with Crippen molar-refractivity contribution in [2.75, 3.05) is 18.4 Å². The number of rotatable bonds is 6. The number of fused-ring (bicyclic) bond motifs is 1. The Morgan fingerprint density at radius 3 is 2.55 bits per heavy atom. The third-order valence-corrected chi connectivity index (χ3v) is 8.50. The lowest BCUT2D eigenvalue weighted by Gasteiger charge is -2.16. The molecule has 5 rings (SSSR count). The number of carbonyl (C=O) groups is 1. The fraction of sp³-hybridized carbons (Fsp3) is 0.375. The van der Waals surface area contributed by atoms with Gasteiger partial charge in [-0.3, -0.25) is 9.48 Å². The minimum absolute atomic E-state index is 0.0144. The summed E-state index contributed by atoms with van der Waals surface area (Å²) in [5.41, 5.74) is 4.62. The molecule has 4 heterocycles.